The van der Waals surface area contributed by atoms with Crippen LogP contribution >= 0.6 is 11.6 Å². The molecule has 0 aliphatic carbocycles. The Morgan fingerprint density at radius 2 is 1.86 bits per heavy atom. The molecule has 0 aliphatic rings. The lowest BCUT2D eigenvalue weighted by molar-refractivity contribution is 0.102. The molecule has 0 aliphatic heterocycles. The highest BCUT2D eigenvalue weighted by atomic mass is 35.5. The van der Waals surface area contributed by atoms with Gasteiger partial charge in [-0.15, -0.1) is 0 Å². The largest absolute Gasteiger partial charge is 0.495 e. The first kappa shape index (κ1) is 15.1. The molecule has 0 saturated heterocycles. The van der Waals surface area contributed by atoms with Crippen LogP contribution in [0.4, 0.5) is 5.69 Å². The summed E-state index contributed by atoms with van der Waals surface area (Å²) in [6, 6.07) is 4.75. The smallest absolute Gasteiger partial charge is 0.274 e. The normalized spacial score (nSPS) is 10.1. The van der Waals surface area contributed by atoms with Crippen molar-refractivity contribution in [3.63, 3.8) is 0 Å². The summed E-state index contributed by atoms with van der Waals surface area (Å²) in [6.07, 6.45) is 1.34. The van der Waals surface area contributed by atoms with Crippen molar-refractivity contribution >= 4 is 23.2 Å². The Hall–Kier alpha value is -2.34. The fourth-order valence-corrected chi connectivity index (χ4v) is 1.95. The van der Waals surface area contributed by atoms with Crippen molar-refractivity contribution in [1.82, 2.24) is 9.97 Å². The Balaban J connectivity index is 2.32. The monoisotopic (exact) mass is 307 g/mol. The van der Waals surface area contributed by atoms with E-state index in [1.54, 1.807) is 25.1 Å². The standard InChI is InChI=1S/C14H14ClN3O3/c1-8-4-11(17-7-16-8)14(19)18-10-6-12(20-2)9(15)5-13(10)21-3/h4-7H,1-3H3,(H,18,19). The molecular weight excluding hydrogens is 294 g/mol. The van der Waals surface area contributed by atoms with Crippen LogP contribution in [0.5, 0.6) is 11.5 Å². The second kappa shape index (κ2) is 6.41. The van der Waals surface area contributed by atoms with E-state index in [1.807, 2.05) is 0 Å². The predicted octanol–water partition coefficient (Wildman–Crippen LogP) is 2.71. The van der Waals surface area contributed by atoms with Gasteiger partial charge in [0.2, 0.25) is 0 Å². The summed E-state index contributed by atoms with van der Waals surface area (Å²) in [5.74, 6) is 0.495. The number of amides is 1. The quantitative estimate of drug-likeness (QED) is 0.940. The Bertz CT molecular complexity index is 677. The van der Waals surface area contributed by atoms with Crippen molar-refractivity contribution in [2.24, 2.45) is 0 Å². The third-order valence-electron chi connectivity index (χ3n) is 2.76. The van der Waals surface area contributed by atoms with Crippen LogP contribution < -0.4 is 14.8 Å². The van der Waals surface area contributed by atoms with Crippen LogP contribution in [0, 0.1) is 6.92 Å². The molecule has 1 aromatic carbocycles. The predicted molar refractivity (Wildman–Crippen MR) is 79.3 cm³/mol. The molecule has 0 bridgehead atoms. The number of nitrogens with zero attached hydrogens (tertiary/aromatic N) is 2. The summed E-state index contributed by atoms with van der Waals surface area (Å²) in [5, 5.41) is 3.11. The SMILES string of the molecule is COc1cc(NC(=O)c2cc(C)ncn2)c(OC)cc1Cl. The van der Waals surface area contributed by atoms with Crippen molar-refractivity contribution in [1.29, 1.82) is 0 Å². The molecule has 2 rings (SSSR count). The minimum atomic E-state index is -0.372. The lowest BCUT2D eigenvalue weighted by Gasteiger charge is -2.13. The van der Waals surface area contributed by atoms with Gasteiger partial charge in [-0.05, 0) is 13.0 Å². The van der Waals surface area contributed by atoms with Gasteiger partial charge in [-0.1, -0.05) is 11.6 Å². The number of rotatable bonds is 4. The van der Waals surface area contributed by atoms with Crippen molar-refractivity contribution in [2.45, 2.75) is 6.92 Å². The zero-order valence-electron chi connectivity index (χ0n) is 11.8. The van der Waals surface area contributed by atoms with Crippen molar-refractivity contribution < 1.29 is 14.3 Å². The third-order valence-corrected chi connectivity index (χ3v) is 3.05. The summed E-state index contributed by atoms with van der Waals surface area (Å²) in [6.45, 7) is 1.78. The lowest BCUT2D eigenvalue weighted by Crippen LogP contribution is -2.15. The topological polar surface area (TPSA) is 73.3 Å². The molecule has 0 spiro atoms. The minimum Gasteiger partial charge on any atom is -0.495 e. The fraction of sp³-hybridized carbons (Fsp3) is 0.214. The summed E-state index contributed by atoms with van der Waals surface area (Å²) >= 11 is 6.02. The number of aromatic nitrogens is 2. The molecule has 21 heavy (non-hydrogen) atoms. The maximum absolute atomic E-state index is 12.2. The first-order valence-corrected chi connectivity index (χ1v) is 6.44. The Morgan fingerprint density at radius 3 is 2.48 bits per heavy atom. The number of carbonyl (C=O) groups excluding carboxylic acids is 1. The number of ether oxygens (including phenoxy) is 2. The number of anilines is 1. The molecule has 1 amide bonds. The minimum absolute atomic E-state index is 0.262. The molecule has 1 heterocycles. The summed E-state index contributed by atoms with van der Waals surface area (Å²) in [7, 11) is 2.98. The highest BCUT2D eigenvalue weighted by Gasteiger charge is 2.14. The van der Waals surface area contributed by atoms with Crippen molar-refractivity contribution in [3.8, 4) is 11.5 Å². The fourth-order valence-electron chi connectivity index (χ4n) is 1.72. The molecule has 0 fully saturated rings. The first-order valence-electron chi connectivity index (χ1n) is 6.06. The molecule has 0 unspecified atom stereocenters. The molecule has 6 nitrogen and oxygen atoms in total. The van der Waals surface area contributed by atoms with Crippen LogP contribution in [0.2, 0.25) is 5.02 Å². The van der Waals surface area contributed by atoms with E-state index < -0.39 is 0 Å². The van der Waals surface area contributed by atoms with Crippen LogP contribution in [0.25, 0.3) is 0 Å². The van der Waals surface area contributed by atoms with Crippen LogP contribution in [0.1, 0.15) is 16.2 Å². The molecular formula is C14H14ClN3O3. The van der Waals surface area contributed by atoms with Gasteiger partial charge >= 0.3 is 0 Å². The van der Waals surface area contributed by atoms with E-state index >= 15 is 0 Å². The van der Waals surface area contributed by atoms with Gasteiger partial charge in [-0.25, -0.2) is 9.97 Å². The van der Waals surface area contributed by atoms with Gasteiger partial charge in [0.05, 0.1) is 24.9 Å². The second-order valence-corrected chi connectivity index (χ2v) is 4.59. The van der Waals surface area contributed by atoms with Gasteiger partial charge in [0.1, 0.15) is 23.5 Å². The molecule has 0 saturated carbocycles. The van der Waals surface area contributed by atoms with Gasteiger partial charge in [0.25, 0.3) is 5.91 Å². The average Bonchev–Trinajstić information content (AvgIpc) is 2.48. The van der Waals surface area contributed by atoms with Gasteiger partial charge in [0.15, 0.2) is 0 Å². The zero-order valence-corrected chi connectivity index (χ0v) is 12.6. The van der Waals surface area contributed by atoms with Gasteiger partial charge < -0.3 is 14.8 Å². The number of methoxy groups -OCH3 is 2. The first-order chi connectivity index (χ1) is 10.0. The number of aryl methyl sites for hydroxylation is 1. The van der Waals surface area contributed by atoms with E-state index in [1.165, 1.54) is 20.5 Å². The second-order valence-electron chi connectivity index (χ2n) is 4.19. The van der Waals surface area contributed by atoms with E-state index in [0.29, 0.717) is 27.9 Å². The van der Waals surface area contributed by atoms with Crippen LogP contribution in [0.15, 0.2) is 24.5 Å². The Morgan fingerprint density at radius 1 is 1.14 bits per heavy atom. The van der Waals surface area contributed by atoms with Gasteiger partial charge in [-0.3, -0.25) is 4.79 Å². The zero-order chi connectivity index (χ0) is 15.4. The van der Waals surface area contributed by atoms with E-state index in [9.17, 15) is 4.79 Å². The number of benzene rings is 1. The lowest BCUT2D eigenvalue weighted by atomic mass is 10.2. The van der Waals surface area contributed by atoms with Crippen LogP contribution in [-0.4, -0.2) is 30.1 Å². The van der Waals surface area contributed by atoms with E-state index in [0.717, 1.165) is 0 Å². The summed E-state index contributed by atoms with van der Waals surface area (Å²) in [5.41, 5.74) is 1.41. The third kappa shape index (κ3) is 3.41. The average molecular weight is 308 g/mol. The number of hydrogen-bond acceptors (Lipinski definition) is 5. The summed E-state index contributed by atoms with van der Waals surface area (Å²) < 4.78 is 10.3. The maximum atomic E-state index is 12.2. The van der Waals surface area contributed by atoms with Gasteiger partial charge in [0, 0.05) is 17.8 Å². The molecule has 1 N–H and O–H groups in total. The highest BCUT2D eigenvalue weighted by Crippen LogP contribution is 2.35. The van der Waals surface area contributed by atoms with Crippen molar-refractivity contribution in [2.75, 3.05) is 19.5 Å². The van der Waals surface area contributed by atoms with Gasteiger partial charge in [-0.2, -0.15) is 0 Å². The number of carbonyl (C=O) groups is 1. The summed E-state index contributed by atoms with van der Waals surface area (Å²) in [4.78, 5) is 20.1. The van der Waals surface area contributed by atoms with E-state index in [2.05, 4.69) is 15.3 Å². The van der Waals surface area contributed by atoms with E-state index in [-0.39, 0.29) is 11.6 Å². The number of nitrogens with one attached hydrogen (secondary N) is 1. The molecule has 0 radical (unpaired) electrons. The van der Waals surface area contributed by atoms with Crippen molar-refractivity contribution in [3.05, 3.63) is 40.9 Å². The van der Waals surface area contributed by atoms with E-state index in [4.69, 9.17) is 21.1 Å². The Kier molecular flexibility index (Phi) is 4.59. The maximum Gasteiger partial charge on any atom is 0.274 e. The molecule has 2 aromatic rings. The van der Waals surface area contributed by atoms with Crippen LogP contribution in [-0.2, 0) is 0 Å². The highest BCUT2D eigenvalue weighted by molar-refractivity contribution is 6.32. The molecule has 7 heteroatoms. The number of hydrogen-bond donors (Lipinski definition) is 1. The molecule has 0 atom stereocenters. The van der Waals surface area contributed by atoms with Crippen LogP contribution in [0.3, 0.4) is 0 Å². The molecule has 110 valence electrons. The molecule has 1 aromatic heterocycles. The number of halogens is 1. The Labute approximate surface area is 127 Å².